The molecule has 10 heteroatoms. The maximum atomic E-state index is 13.8. The molecule has 0 aliphatic heterocycles. The van der Waals surface area contributed by atoms with Crippen LogP contribution >= 0.6 is 0 Å². The van der Waals surface area contributed by atoms with Crippen LogP contribution in [0.2, 0.25) is 0 Å². The van der Waals surface area contributed by atoms with Gasteiger partial charge >= 0.3 is 0 Å². The predicted octanol–water partition coefficient (Wildman–Crippen LogP) is 4.12. The van der Waals surface area contributed by atoms with Crippen molar-refractivity contribution in [3.63, 3.8) is 0 Å². The predicted molar refractivity (Wildman–Crippen MR) is 132 cm³/mol. The lowest BCUT2D eigenvalue weighted by molar-refractivity contribution is 0.0681. The molecule has 1 fully saturated rings. The molecule has 0 radical (unpaired) electrons. The highest BCUT2D eigenvalue weighted by atomic mass is 19.1. The number of methoxy groups -OCH3 is 1. The van der Waals surface area contributed by atoms with E-state index in [1.54, 1.807) is 17.8 Å². The Labute approximate surface area is 202 Å². The van der Waals surface area contributed by atoms with Gasteiger partial charge in [0.25, 0.3) is 5.91 Å². The van der Waals surface area contributed by atoms with Gasteiger partial charge in [-0.1, -0.05) is 0 Å². The van der Waals surface area contributed by atoms with Crippen molar-refractivity contribution in [1.29, 1.82) is 0 Å². The number of alkyl halides is 1. The first kappa shape index (κ1) is 23.2. The number of anilines is 1. The molecule has 3 N–H and O–H groups in total. The molecule has 4 heterocycles. The number of aromatic amines is 1. The standard InChI is InChI=1S/C25H30FN7O2/c1-25(2,26)14-29-23(34)20-13-30-33-9-8-15(10-21(20)33)18-11-27-22-19(18)12-28-24(32-22)31-16-4-6-17(35-3)7-5-16/h8-13,16-17H,4-7,14H2,1-3H3,(H,29,34)(H2,27,28,31,32)/t16-,17+. The summed E-state index contributed by atoms with van der Waals surface area (Å²) in [7, 11) is 1.77. The maximum absolute atomic E-state index is 13.8. The van der Waals surface area contributed by atoms with Crippen LogP contribution in [0, 0.1) is 0 Å². The van der Waals surface area contributed by atoms with Crippen molar-refractivity contribution in [2.24, 2.45) is 0 Å². The molecule has 0 spiro atoms. The van der Waals surface area contributed by atoms with Gasteiger partial charge in [0.1, 0.15) is 11.3 Å². The highest BCUT2D eigenvalue weighted by Gasteiger charge is 2.22. The van der Waals surface area contributed by atoms with Crippen LogP contribution in [0.4, 0.5) is 10.3 Å². The van der Waals surface area contributed by atoms with Crippen molar-refractivity contribution in [2.45, 2.75) is 57.3 Å². The summed E-state index contributed by atoms with van der Waals surface area (Å²) >= 11 is 0. The average Bonchev–Trinajstić information content (AvgIpc) is 3.46. The Morgan fingerprint density at radius 2 is 2.09 bits per heavy atom. The molecule has 0 bridgehead atoms. The molecule has 0 saturated heterocycles. The van der Waals surface area contributed by atoms with E-state index in [-0.39, 0.29) is 12.5 Å². The first-order chi connectivity index (χ1) is 16.8. The lowest BCUT2D eigenvalue weighted by Crippen LogP contribution is -2.35. The number of carbonyl (C=O) groups excluding carboxylic acids is 1. The smallest absolute Gasteiger partial charge is 0.255 e. The first-order valence-corrected chi connectivity index (χ1v) is 11.9. The van der Waals surface area contributed by atoms with Crippen molar-refractivity contribution in [3.05, 3.63) is 42.5 Å². The van der Waals surface area contributed by atoms with Gasteiger partial charge in [0, 0.05) is 42.7 Å². The molecule has 0 aromatic carbocycles. The number of fused-ring (bicyclic) bond motifs is 2. The summed E-state index contributed by atoms with van der Waals surface area (Å²) in [6.45, 7) is 2.77. The molecule has 1 aliphatic carbocycles. The highest BCUT2D eigenvalue weighted by molar-refractivity contribution is 6.02. The largest absolute Gasteiger partial charge is 0.381 e. The third kappa shape index (κ3) is 4.97. The van der Waals surface area contributed by atoms with E-state index >= 15 is 0 Å². The lowest BCUT2D eigenvalue weighted by atomic mass is 9.93. The molecule has 35 heavy (non-hydrogen) atoms. The Kier molecular flexibility index (Phi) is 6.14. The molecule has 1 amide bonds. The van der Waals surface area contributed by atoms with Gasteiger partial charge in [0.2, 0.25) is 5.95 Å². The van der Waals surface area contributed by atoms with Crippen LogP contribution in [-0.2, 0) is 4.74 Å². The molecule has 1 aliphatic rings. The van der Waals surface area contributed by atoms with E-state index in [0.29, 0.717) is 29.2 Å². The molecule has 4 aromatic rings. The van der Waals surface area contributed by atoms with Crippen LogP contribution in [0.3, 0.4) is 0 Å². The third-order valence-electron chi connectivity index (χ3n) is 6.52. The summed E-state index contributed by atoms with van der Waals surface area (Å²) in [5.41, 5.74) is 2.09. The summed E-state index contributed by atoms with van der Waals surface area (Å²) in [5, 5.41) is 11.2. The van der Waals surface area contributed by atoms with Gasteiger partial charge in [0.15, 0.2) is 0 Å². The number of nitrogens with one attached hydrogen (secondary N) is 3. The molecule has 9 nitrogen and oxygen atoms in total. The Morgan fingerprint density at radius 1 is 1.29 bits per heavy atom. The Bertz CT molecular complexity index is 1350. The fourth-order valence-electron chi connectivity index (χ4n) is 4.55. The van der Waals surface area contributed by atoms with Crippen LogP contribution in [0.25, 0.3) is 27.7 Å². The van der Waals surface area contributed by atoms with Gasteiger partial charge in [-0.2, -0.15) is 10.1 Å². The SMILES string of the molecule is CO[C@H]1CC[C@@H](Nc2ncc3c(-c4ccn5ncc(C(=O)NCC(C)(C)F)c5c4)c[nH]c3n2)CC1. The van der Waals surface area contributed by atoms with Gasteiger partial charge in [-0.3, -0.25) is 4.79 Å². The zero-order valence-electron chi connectivity index (χ0n) is 20.1. The van der Waals surface area contributed by atoms with E-state index in [1.807, 2.05) is 24.5 Å². The molecule has 0 unspecified atom stereocenters. The van der Waals surface area contributed by atoms with Crippen molar-refractivity contribution in [3.8, 4) is 11.1 Å². The number of aromatic nitrogens is 5. The van der Waals surface area contributed by atoms with Crippen molar-refractivity contribution < 1.29 is 13.9 Å². The van der Waals surface area contributed by atoms with Crippen molar-refractivity contribution >= 4 is 28.4 Å². The minimum Gasteiger partial charge on any atom is -0.381 e. The normalized spacial score (nSPS) is 18.7. The number of ether oxygens (including phenoxy) is 1. The number of carbonyl (C=O) groups is 1. The average molecular weight is 480 g/mol. The number of nitrogens with zero attached hydrogens (tertiary/aromatic N) is 4. The summed E-state index contributed by atoms with van der Waals surface area (Å²) < 4.78 is 20.9. The number of hydrogen-bond donors (Lipinski definition) is 3. The Balaban J connectivity index is 1.37. The van der Waals surface area contributed by atoms with E-state index in [2.05, 4.69) is 30.7 Å². The van der Waals surface area contributed by atoms with Gasteiger partial charge < -0.3 is 20.4 Å². The molecule has 184 valence electrons. The lowest BCUT2D eigenvalue weighted by Gasteiger charge is -2.28. The van der Waals surface area contributed by atoms with Crippen LogP contribution in [-0.4, -0.2) is 61.9 Å². The zero-order valence-corrected chi connectivity index (χ0v) is 20.1. The summed E-state index contributed by atoms with van der Waals surface area (Å²) in [6.07, 6.45) is 11.5. The number of rotatable bonds is 7. The van der Waals surface area contributed by atoms with E-state index in [0.717, 1.165) is 47.8 Å². The maximum Gasteiger partial charge on any atom is 0.255 e. The minimum absolute atomic E-state index is 0.0765. The number of halogens is 1. The third-order valence-corrected chi connectivity index (χ3v) is 6.52. The highest BCUT2D eigenvalue weighted by Crippen LogP contribution is 2.30. The zero-order chi connectivity index (χ0) is 24.6. The molecular weight excluding hydrogens is 449 g/mol. The van der Waals surface area contributed by atoms with Crippen molar-refractivity contribution in [2.75, 3.05) is 19.0 Å². The second-order valence-electron chi connectivity index (χ2n) is 9.72. The van der Waals surface area contributed by atoms with Crippen molar-refractivity contribution in [1.82, 2.24) is 29.9 Å². The Morgan fingerprint density at radius 3 is 2.83 bits per heavy atom. The topological polar surface area (TPSA) is 109 Å². The molecule has 5 rings (SSSR count). The quantitative estimate of drug-likeness (QED) is 0.368. The Hall–Kier alpha value is -3.53. The van der Waals surface area contributed by atoms with Gasteiger partial charge in [-0.05, 0) is 57.2 Å². The molecule has 0 atom stereocenters. The van der Waals surface area contributed by atoms with Crippen LogP contribution in [0.15, 0.2) is 36.9 Å². The number of H-pyrrole nitrogens is 1. The second kappa shape index (κ2) is 9.26. The number of hydrogen-bond acceptors (Lipinski definition) is 6. The first-order valence-electron chi connectivity index (χ1n) is 11.9. The van der Waals surface area contributed by atoms with E-state index in [1.165, 1.54) is 20.0 Å². The van der Waals surface area contributed by atoms with E-state index in [4.69, 9.17) is 4.74 Å². The van der Waals surface area contributed by atoms with Gasteiger partial charge in [0.05, 0.1) is 29.9 Å². The molecule has 4 aromatic heterocycles. The summed E-state index contributed by atoms with van der Waals surface area (Å²) in [6, 6.07) is 4.16. The summed E-state index contributed by atoms with van der Waals surface area (Å²) in [4.78, 5) is 25.1. The second-order valence-corrected chi connectivity index (χ2v) is 9.72. The molecule has 1 saturated carbocycles. The number of pyridine rings is 1. The minimum atomic E-state index is -1.50. The van der Waals surface area contributed by atoms with Crippen LogP contribution in [0.5, 0.6) is 0 Å². The van der Waals surface area contributed by atoms with E-state index < -0.39 is 5.67 Å². The number of amides is 1. The van der Waals surface area contributed by atoms with Crippen LogP contribution < -0.4 is 10.6 Å². The fourth-order valence-corrected chi connectivity index (χ4v) is 4.55. The fraction of sp³-hybridized carbons (Fsp3) is 0.440. The van der Waals surface area contributed by atoms with Gasteiger partial charge in [-0.25, -0.2) is 13.9 Å². The molecular formula is C25H30FN7O2. The van der Waals surface area contributed by atoms with E-state index in [9.17, 15) is 9.18 Å². The van der Waals surface area contributed by atoms with Crippen LogP contribution in [0.1, 0.15) is 49.9 Å². The monoisotopic (exact) mass is 479 g/mol. The summed E-state index contributed by atoms with van der Waals surface area (Å²) in [5.74, 6) is 0.244. The van der Waals surface area contributed by atoms with Gasteiger partial charge in [-0.15, -0.1) is 0 Å².